The summed E-state index contributed by atoms with van der Waals surface area (Å²) in [6.45, 7) is 2.66. The Hall–Kier alpha value is -1.36. The Morgan fingerprint density at radius 1 is 1.47 bits per heavy atom. The van der Waals surface area contributed by atoms with Gasteiger partial charge in [-0.15, -0.1) is 0 Å². The summed E-state index contributed by atoms with van der Waals surface area (Å²) in [5.74, 6) is 2.30. The second kappa shape index (κ2) is 3.82. The van der Waals surface area contributed by atoms with Gasteiger partial charge in [0.2, 0.25) is 5.76 Å². The van der Waals surface area contributed by atoms with E-state index >= 15 is 0 Å². The molecule has 0 aromatic carbocycles. The Balaban J connectivity index is 1.66. The molecule has 5 unspecified atom stereocenters. The Bertz CT molecular complexity index is 525. The molecule has 1 saturated heterocycles. The van der Waals surface area contributed by atoms with E-state index in [9.17, 15) is 4.79 Å². The van der Waals surface area contributed by atoms with Crippen LogP contribution in [-0.4, -0.2) is 41.6 Å². The normalized spacial score (nSPS) is 39.3. The molecule has 0 radical (unpaired) electrons. The van der Waals surface area contributed by atoms with E-state index in [0.717, 1.165) is 6.54 Å². The summed E-state index contributed by atoms with van der Waals surface area (Å²) in [7, 11) is 1.76. The minimum Gasteiger partial charge on any atom is -0.438 e. The summed E-state index contributed by atoms with van der Waals surface area (Å²) < 4.78 is 10.9. The third-order valence-electron chi connectivity index (χ3n) is 5.29. The Labute approximate surface area is 111 Å². The molecule has 5 heteroatoms. The molecule has 2 heterocycles. The minimum absolute atomic E-state index is 0.0166. The topological polar surface area (TPSA) is 55.6 Å². The van der Waals surface area contributed by atoms with E-state index in [-0.39, 0.29) is 18.1 Å². The second-order valence-electron chi connectivity index (χ2n) is 6.07. The van der Waals surface area contributed by atoms with Gasteiger partial charge in [-0.05, 0) is 37.5 Å². The van der Waals surface area contributed by atoms with Gasteiger partial charge in [0.1, 0.15) is 0 Å². The standard InChI is InChI=1S/C14H18N2O3/c1-7-12(19-6-15-7)14(17)16-5-9-3-8-4-10(9)11(16)13(8)18-2/h6,8-11,13H,3-5H2,1-2H3. The van der Waals surface area contributed by atoms with Crippen LogP contribution in [0.3, 0.4) is 0 Å². The molecule has 3 fully saturated rings. The number of hydrogen-bond donors (Lipinski definition) is 0. The van der Waals surface area contributed by atoms with E-state index in [1.54, 1.807) is 7.11 Å². The number of carbonyl (C=O) groups is 1. The summed E-state index contributed by atoms with van der Waals surface area (Å²) in [6.07, 6.45) is 3.97. The minimum atomic E-state index is -0.0166. The fraction of sp³-hybridized carbons (Fsp3) is 0.714. The van der Waals surface area contributed by atoms with Crippen LogP contribution in [0.4, 0.5) is 0 Å². The van der Waals surface area contributed by atoms with Gasteiger partial charge in [-0.1, -0.05) is 0 Å². The maximum Gasteiger partial charge on any atom is 0.291 e. The van der Waals surface area contributed by atoms with Gasteiger partial charge in [0.05, 0.1) is 17.8 Å². The van der Waals surface area contributed by atoms with Crippen molar-refractivity contribution < 1.29 is 13.9 Å². The lowest BCUT2D eigenvalue weighted by molar-refractivity contribution is 0.0102. The van der Waals surface area contributed by atoms with E-state index in [0.29, 0.717) is 29.2 Å². The Morgan fingerprint density at radius 3 is 3.00 bits per heavy atom. The maximum absolute atomic E-state index is 12.6. The number of methoxy groups -OCH3 is 1. The molecule has 102 valence electrons. The Morgan fingerprint density at radius 2 is 2.32 bits per heavy atom. The van der Waals surface area contributed by atoms with Crippen molar-refractivity contribution in [2.24, 2.45) is 17.8 Å². The lowest BCUT2D eigenvalue weighted by atomic mass is 9.88. The third kappa shape index (κ3) is 1.39. The molecule has 3 aliphatic rings. The smallest absolute Gasteiger partial charge is 0.291 e. The average molecular weight is 262 g/mol. The Kier molecular flexibility index (Phi) is 2.31. The van der Waals surface area contributed by atoms with Crippen molar-refractivity contribution in [3.63, 3.8) is 0 Å². The molecule has 0 spiro atoms. The van der Waals surface area contributed by atoms with Gasteiger partial charge in [-0.25, -0.2) is 4.98 Å². The van der Waals surface area contributed by atoms with Gasteiger partial charge in [-0.3, -0.25) is 4.79 Å². The van der Waals surface area contributed by atoms with E-state index < -0.39 is 0 Å². The predicted octanol–water partition coefficient (Wildman–Crippen LogP) is 1.48. The first-order valence-corrected chi connectivity index (χ1v) is 6.94. The first-order chi connectivity index (χ1) is 9.20. The molecule has 4 rings (SSSR count). The van der Waals surface area contributed by atoms with Crippen molar-refractivity contribution in [1.82, 2.24) is 9.88 Å². The van der Waals surface area contributed by atoms with Crippen molar-refractivity contribution >= 4 is 5.91 Å². The van der Waals surface area contributed by atoms with Crippen LogP contribution in [-0.2, 0) is 4.74 Å². The highest BCUT2D eigenvalue weighted by atomic mass is 16.5. The summed E-state index contributed by atoms with van der Waals surface area (Å²) in [4.78, 5) is 18.6. The van der Waals surface area contributed by atoms with Gasteiger partial charge >= 0.3 is 0 Å². The van der Waals surface area contributed by atoms with Gasteiger partial charge in [-0.2, -0.15) is 0 Å². The van der Waals surface area contributed by atoms with Gasteiger partial charge in [0, 0.05) is 13.7 Å². The third-order valence-corrected chi connectivity index (χ3v) is 5.29. The molecule has 0 N–H and O–H groups in total. The molecular weight excluding hydrogens is 244 g/mol. The molecule has 1 aliphatic heterocycles. The second-order valence-corrected chi connectivity index (χ2v) is 6.07. The molecule has 2 bridgehead atoms. The number of ether oxygens (including phenoxy) is 1. The van der Waals surface area contributed by atoms with Crippen molar-refractivity contribution in [1.29, 1.82) is 0 Å². The van der Waals surface area contributed by atoms with Crippen molar-refractivity contribution in [3.8, 4) is 0 Å². The number of carbonyl (C=O) groups excluding carboxylic acids is 1. The number of likely N-dealkylation sites (tertiary alicyclic amines) is 1. The fourth-order valence-electron chi connectivity index (χ4n) is 4.59. The zero-order valence-electron chi connectivity index (χ0n) is 11.2. The van der Waals surface area contributed by atoms with E-state index in [1.807, 2.05) is 11.8 Å². The molecule has 1 aromatic heterocycles. The van der Waals surface area contributed by atoms with Crippen molar-refractivity contribution in [2.45, 2.75) is 31.9 Å². The number of aromatic nitrogens is 1. The molecule has 5 atom stereocenters. The predicted molar refractivity (Wildman–Crippen MR) is 66.6 cm³/mol. The number of amides is 1. The van der Waals surface area contributed by atoms with Gasteiger partial charge < -0.3 is 14.1 Å². The summed E-state index contributed by atoms with van der Waals surface area (Å²) in [6, 6.07) is 0.241. The fourth-order valence-corrected chi connectivity index (χ4v) is 4.59. The van der Waals surface area contributed by atoms with Crippen LogP contribution in [0.1, 0.15) is 29.1 Å². The molecule has 2 saturated carbocycles. The van der Waals surface area contributed by atoms with Crippen molar-refractivity contribution in [2.75, 3.05) is 13.7 Å². The van der Waals surface area contributed by atoms with Crippen molar-refractivity contribution in [3.05, 3.63) is 17.8 Å². The highest BCUT2D eigenvalue weighted by Gasteiger charge is 2.60. The van der Waals surface area contributed by atoms with E-state index in [4.69, 9.17) is 9.15 Å². The summed E-state index contributed by atoms with van der Waals surface area (Å²) >= 11 is 0. The van der Waals surface area contributed by atoms with Crippen LogP contribution in [0.15, 0.2) is 10.8 Å². The number of rotatable bonds is 2. The number of oxazole rings is 1. The zero-order chi connectivity index (χ0) is 13.1. The summed E-state index contributed by atoms with van der Waals surface area (Å²) in [5, 5.41) is 0. The molecule has 19 heavy (non-hydrogen) atoms. The van der Waals surface area contributed by atoms with Gasteiger partial charge in [0.25, 0.3) is 5.91 Å². The van der Waals surface area contributed by atoms with Crippen LogP contribution in [0.2, 0.25) is 0 Å². The molecular formula is C14H18N2O3. The summed E-state index contributed by atoms with van der Waals surface area (Å²) in [5.41, 5.74) is 0.674. The lowest BCUT2D eigenvalue weighted by Crippen LogP contribution is -2.44. The lowest BCUT2D eigenvalue weighted by Gasteiger charge is -2.30. The number of nitrogens with zero attached hydrogens (tertiary/aromatic N) is 2. The van der Waals surface area contributed by atoms with E-state index in [1.165, 1.54) is 19.2 Å². The van der Waals surface area contributed by atoms with Crippen LogP contribution in [0.25, 0.3) is 0 Å². The quantitative estimate of drug-likeness (QED) is 0.810. The highest BCUT2D eigenvalue weighted by molar-refractivity contribution is 5.93. The average Bonchev–Trinajstić information content (AvgIpc) is 3.08. The van der Waals surface area contributed by atoms with Crippen LogP contribution in [0.5, 0.6) is 0 Å². The monoisotopic (exact) mass is 262 g/mol. The highest BCUT2D eigenvalue weighted by Crippen LogP contribution is 2.56. The number of hydrogen-bond acceptors (Lipinski definition) is 4. The number of fused-ring (bicyclic) bond motifs is 1. The first kappa shape index (κ1) is 11.5. The maximum atomic E-state index is 12.6. The largest absolute Gasteiger partial charge is 0.438 e. The van der Waals surface area contributed by atoms with Crippen LogP contribution in [0, 0.1) is 24.7 Å². The molecule has 5 nitrogen and oxygen atoms in total. The van der Waals surface area contributed by atoms with Crippen LogP contribution < -0.4 is 0 Å². The van der Waals surface area contributed by atoms with E-state index in [2.05, 4.69) is 4.98 Å². The SMILES string of the molecule is COC1C2CC3CN(C(=O)c4ocnc4C)C1C3C2. The van der Waals surface area contributed by atoms with Crippen LogP contribution >= 0.6 is 0 Å². The first-order valence-electron chi connectivity index (χ1n) is 6.94. The zero-order valence-corrected chi connectivity index (χ0v) is 11.2. The number of aryl methyl sites for hydroxylation is 1. The molecule has 1 amide bonds. The van der Waals surface area contributed by atoms with Gasteiger partial charge in [0.15, 0.2) is 6.39 Å². The molecule has 1 aromatic rings. The molecule has 2 aliphatic carbocycles.